The number of hydrogen-bond acceptors (Lipinski definition) is 2. The van der Waals surface area contributed by atoms with Crippen molar-refractivity contribution in [2.24, 2.45) is 0 Å². The average Bonchev–Trinajstić information content (AvgIpc) is 2.47. The number of ether oxygens (including phenoxy) is 1. The van der Waals surface area contributed by atoms with E-state index in [1.807, 2.05) is 26.0 Å². The fraction of sp³-hybridized carbons (Fsp3) is 0.294. The van der Waals surface area contributed by atoms with E-state index < -0.39 is 0 Å². The van der Waals surface area contributed by atoms with Crippen molar-refractivity contribution in [2.45, 2.75) is 26.4 Å². The first-order valence-electron chi connectivity index (χ1n) is 6.83. The third-order valence-electron chi connectivity index (χ3n) is 3.46. The number of nitrogens with one attached hydrogen (secondary N) is 1. The Morgan fingerprint density at radius 2 is 2.00 bits per heavy atom. The molecule has 21 heavy (non-hydrogen) atoms. The Bertz CT molecular complexity index is 630. The van der Waals surface area contributed by atoms with Crippen LogP contribution in [0.4, 0.5) is 4.39 Å². The largest absolute Gasteiger partial charge is 0.496 e. The average molecular weight is 308 g/mol. The SMILES string of the molecule is COc1ccc(C)cc1C(C)NCc1cc(Cl)ccc1F. The molecule has 0 heterocycles. The molecule has 0 aliphatic rings. The molecule has 112 valence electrons. The van der Waals surface area contributed by atoms with Crippen LogP contribution in [-0.2, 0) is 6.54 Å². The van der Waals surface area contributed by atoms with Crippen LogP contribution in [0, 0.1) is 12.7 Å². The molecule has 4 heteroatoms. The summed E-state index contributed by atoms with van der Waals surface area (Å²) < 4.78 is 19.1. The quantitative estimate of drug-likeness (QED) is 0.868. The van der Waals surface area contributed by atoms with Crippen LogP contribution in [0.5, 0.6) is 5.75 Å². The van der Waals surface area contributed by atoms with Gasteiger partial charge in [-0.3, -0.25) is 0 Å². The van der Waals surface area contributed by atoms with Crippen molar-refractivity contribution in [3.63, 3.8) is 0 Å². The Hall–Kier alpha value is -1.58. The van der Waals surface area contributed by atoms with Crippen LogP contribution < -0.4 is 10.1 Å². The first-order chi connectivity index (χ1) is 10.0. The van der Waals surface area contributed by atoms with E-state index in [0.29, 0.717) is 17.1 Å². The molecule has 0 aliphatic heterocycles. The molecule has 0 aromatic heterocycles. The molecule has 0 saturated carbocycles. The van der Waals surface area contributed by atoms with Crippen LogP contribution in [-0.4, -0.2) is 7.11 Å². The second-order valence-electron chi connectivity index (χ2n) is 5.08. The number of hydrogen-bond donors (Lipinski definition) is 1. The minimum Gasteiger partial charge on any atom is -0.496 e. The molecule has 1 unspecified atom stereocenters. The highest BCUT2D eigenvalue weighted by Crippen LogP contribution is 2.26. The molecule has 0 saturated heterocycles. The summed E-state index contributed by atoms with van der Waals surface area (Å²) in [6, 6.07) is 10.6. The summed E-state index contributed by atoms with van der Waals surface area (Å²) in [6.45, 7) is 4.47. The fourth-order valence-electron chi connectivity index (χ4n) is 2.24. The van der Waals surface area contributed by atoms with Crippen molar-refractivity contribution in [2.75, 3.05) is 7.11 Å². The highest BCUT2D eigenvalue weighted by molar-refractivity contribution is 6.30. The van der Waals surface area contributed by atoms with Gasteiger partial charge >= 0.3 is 0 Å². The second kappa shape index (κ2) is 6.92. The summed E-state index contributed by atoms with van der Waals surface area (Å²) in [6.07, 6.45) is 0. The first-order valence-corrected chi connectivity index (χ1v) is 7.21. The molecule has 0 bridgehead atoms. The number of halogens is 2. The van der Waals surface area contributed by atoms with Gasteiger partial charge in [-0.1, -0.05) is 29.3 Å². The zero-order valence-electron chi connectivity index (χ0n) is 12.4. The second-order valence-corrected chi connectivity index (χ2v) is 5.52. The number of aryl methyl sites for hydroxylation is 1. The molecule has 0 spiro atoms. The van der Waals surface area contributed by atoms with Crippen LogP contribution in [0.1, 0.15) is 29.7 Å². The summed E-state index contributed by atoms with van der Waals surface area (Å²) in [5, 5.41) is 3.84. The van der Waals surface area contributed by atoms with E-state index >= 15 is 0 Å². The Balaban J connectivity index is 2.13. The molecular formula is C17H19ClFNO. The Kier molecular flexibility index (Phi) is 5.21. The lowest BCUT2D eigenvalue weighted by Crippen LogP contribution is -2.19. The van der Waals surface area contributed by atoms with E-state index in [-0.39, 0.29) is 11.9 Å². The van der Waals surface area contributed by atoms with Crippen LogP contribution in [0.3, 0.4) is 0 Å². The van der Waals surface area contributed by atoms with Gasteiger partial charge in [0.25, 0.3) is 0 Å². The van der Waals surface area contributed by atoms with Gasteiger partial charge in [0.05, 0.1) is 7.11 Å². The molecule has 0 amide bonds. The molecule has 0 radical (unpaired) electrons. The van der Waals surface area contributed by atoms with E-state index in [2.05, 4.69) is 11.4 Å². The zero-order valence-corrected chi connectivity index (χ0v) is 13.2. The smallest absolute Gasteiger partial charge is 0.127 e. The summed E-state index contributed by atoms with van der Waals surface area (Å²) in [5.41, 5.74) is 2.77. The van der Waals surface area contributed by atoms with Crippen LogP contribution >= 0.6 is 11.6 Å². The van der Waals surface area contributed by atoms with E-state index in [1.165, 1.54) is 6.07 Å². The first kappa shape index (κ1) is 15.8. The molecule has 0 fully saturated rings. The maximum Gasteiger partial charge on any atom is 0.127 e. The molecule has 1 N–H and O–H groups in total. The van der Waals surface area contributed by atoms with Gasteiger partial charge in [0, 0.05) is 28.7 Å². The van der Waals surface area contributed by atoms with Gasteiger partial charge in [-0.2, -0.15) is 0 Å². The van der Waals surface area contributed by atoms with Crippen molar-refractivity contribution >= 4 is 11.6 Å². The normalized spacial score (nSPS) is 12.2. The third kappa shape index (κ3) is 3.96. The van der Waals surface area contributed by atoms with Gasteiger partial charge in [-0.15, -0.1) is 0 Å². The molecule has 1 atom stereocenters. The van der Waals surface area contributed by atoms with E-state index in [4.69, 9.17) is 16.3 Å². The van der Waals surface area contributed by atoms with Crippen LogP contribution in [0.15, 0.2) is 36.4 Å². The predicted molar refractivity (Wildman–Crippen MR) is 84.4 cm³/mol. The van der Waals surface area contributed by atoms with Gasteiger partial charge in [0.15, 0.2) is 0 Å². The minimum absolute atomic E-state index is 0.0400. The zero-order chi connectivity index (χ0) is 15.4. The number of methoxy groups -OCH3 is 1. The van der Waals surface area contributed by atoms with E-state index in [1.54, 1.807) is 19.2 Å². The molecule has 2 aromatic rings. The molecule has 2 nitrogen and oxygen atoms in total. The van der Waals surface area contributed by atoms with Crippen molar-refractivity contribution in [1.82, 2.24) is 5.32 Å². The lowest BCUT2D eigenvalue weighted by atomic mass is 10.0. The lowest BCUT2D eigenvalue weighted by molar-refractivity contribution is 0.401. The molecule has 2 aromatic carbocycles. The summed E-state index contributed by atoms with van der Waals surface area (Å²) in [4.78, 5) is 0. The standard InChI is InChI=1S/C17H19ClFNO/c1-11-4-7-17(21-3)15(8-11)12(2)20-10-13-9-14(18)5-6-16(13)19/h4-9,12,20H,10H2,1-3H3. The third-order valence-corrected chi connectivity index (χ3v) is 3.69. The summed E-state index contributed by atoms with van der Waals surface area (Å²) in [7, 11) is 1.65. The monoisotopic (exact) mass is 307 g/mol. The van der Waals surface area contributed by atoms with Crippen LogP contribution in [0.25, 0.3) is 0 Å². The van der Waals surface area contributed by atoms with Crippen molar-refractivity contribution in [3.8, 4) is 5.75 Å². The maximum atomic E-state index is 13.7. The predicted octanol–water partition coefficient (Wildman–Crippen LogP) is 4.65. The number of rotatable bonds is 5. The Morgan fingerprint density at radius 3 is 2.71 bits per heavy atom. The van der Waals surface area contributed by atoms with Crippen LogP contribution in [0.2, 0.25) is 5.02 Å². The fourth-order valence-corrected chi connectivity index (χ4v) is 2.44. The molecule has 2 rings (SSSR count). The van der Waals surface area contributed by atoms with Crippen molar-refractivity contribution in [3.05, 3.63) is 63.9 Å². The minimum atomic E-state index is -0.254. The summed E-state index contributed by atoms with van der Waals surface area (Å²) in [5.74, 6) is 0.572. The number of benzene rings is 2. The maximum absolute atomic E-state index is 13.7. The van der Waals surface area contributed by atoms with Crippen molar-refractivity contribution < 1.29 is 9.13 Å². The van der Waals surface area contributed by atoms with Gasteiger partial charge in [0.2, 0.25) is 0 Å². The van der Waals surface area contributed by atoms with Gasteiger partial charge in [-0.25, -0.2) is 4.39 Å². The highest BCUT2D eigenvalue weighted by Gasteiger charge is 2.12. The Morgan fingerprint density at radius 1 is 1.24 bits per heavy atom. The summed E-state index contributed by atoms with van der Waals surface area (Å²) >= 11 is 5.90. The van der Waals surface area contributed by atoms with E-state index in [0.717, 1.165) is 16.9 Å². The topological polar surface area (TPSA) is 21.3 Å². The molecule has 0 aliphatic carbocycles. The van der Waals surface area contributed by atoms with Gasteiger partial charge in [0.1, 0.15) is 11.6 Å². The lowest BCUT2D eigenvalue weighted by Gasteiger charge is -2.18. The van der Waals surface area contributed by atoms with E-state index in [9.17, 15) is 4.39 Å². The Labute approximate surface area is 129 Å². The highest BCUT2D eigenvalue weighted by atomic mass is 35.5. The van der Waals surface area contributed by atoms with Gasteiger partial charge in [-0.05, 0) is 38.1 Å². The van der Waals surface area contributed by atoms with Gasteiger partial charge < -0.3 is 10.1 Å². The molecular weight excluding hydrogens is 289 g/mol. The van der Waals surface area contributed by atoms with Crippen molar-refractivity contribution in [1.29, 1.82) is 0 Å².